The zero-order chi connectivity index (χ0) is 21.7. The summed E-state index contributed by atoms with van der Waals surface area (Å²) in [5.74, 6) is 0.232. The number of amides is 2. The first kappa shape index (κ1) is 21.2. The standard InChI is InChI=1S/C22H26N4O4/c1-15(23-21(28)30-22(2,3)4)20(27)25-16-8-7-9-18(12-16)29-14-17-13-26-11-6-5-10-19(26)24-17/h5-13,15H,14H2,1-4H3,(H,23,28)(H,25,27). The molecular weight excluding hydrogens is 384 g/mol. The monoisotopic (exact) mass is 410 g/mol. The van der Waals surface area contributed by atoms with Gasteiger partial charge in [-0.05, 0) is 52.0 Å². The molecule has 2 N–H and O–H groups in total. The molecule has 1 unspecified atom stereocenters. The van der Waals surface area contributed by atoms with Crippen LogP contribution in [0.2, 0.25) is 0 Å². The second kappa shape index (κ2) is 8.86. The van der Waals surface area contributed by atoms with Crippen LogP contribution in [0.15, 0.2) is 54.9 Å². The molecule has 0 saturated heterocycles. The number of imidazole rings is 1. The summed E-state index contributed by atoms with van der Waals surface area (Å²) >= 11 is 0. The molecule has 0 aliphatic heterocycles. The largest absolute Gasteiger partial charge is 0.487 e. The molecule has 8 heteroatoms. The fraction of sp³-hybridized carbons (Fsp3) is 0.318. The first-order valence-corrected chi connectivity index (χ1v) is 9.65. The molecule has 3 rings (SSSR count). The first-order chi connectivity index (χ1) is 14.2. The Bertz CT molecular complexity index is 1010. The van der Waals surface area contributed by atoms with E-state index in [2.05, 4.69) is 15.6 Å². The van der Waals surface area contributed by atoms with E-state index in [4.69, 9.17) is 9.47 Å². The third kappa shape index (κ3) is 5.97. The predicted molar refractivity (Wildman–Crippen MR) is 113 cm³/mol. The Morgan fingerprint density at radius 2 is 1.97 bits per heavy atom. The maximum Gasteiger partial charge on any atom is 0.408 e. The van der Waals surface area contributed by atoms with Crippen molar-refractivity contribution in [1.29, 1.82) is 0 Å². The molecule has 3 aromatic rings. The molecule has 0 aliphatic rings. The summed E-state index contributed by atoms with van der Waals surface area (Å²) in [5, 5.41) is 5.28. The Hall–Kier alpha value is -3.55. The van der Waals surface area contributed by atoms with Crippen molar-refractivity contribution >= 4 is 23.3 Å². The van der Waals surface area contributed by atoms with E-state index in [1.807, 2.05) is 35.0 Å². The van der Waals surface area contributed by atoms with Gasteiger partial charge in [-0.2, -0.15) is 0 Å². The number of nitrogens with one attached hydrogen (secondary N) is 2. The lowest BCUT2D eigenvalue weighted by Gasteiger charge is -2.21. The van der Waals surface area contributed by atoms with E-state index in [0.29, 0.717) is 18.0 Å². The molecule has 30 heavy (non-hydrogen) atoms. The van der Waals surface area contributed by atoms with Gasteiger partial charge in [0.05, 0.1) is 5.69 Å². The Kier molecular flexibility index (Phi) is 6.25. The van der Waals surface area contributed by atoms with Crippen LogP contribution in [0, 0.1) is 0 Å². The number of alkyl carbamates (subject to hydrolysis) is 1. The van der Waals surface area contributed by atoms with Crippen LogP contribution in [-0.4, -0.2) is 33.0 Å². The molecule has 8 nitrogen and oxygen atoms in total. The van der Waals surface area contributed by atoms with Gasteiger partial charge in [-0.1, -0.05) is 12.1 Å². The predicted octanol–water partition coefficient (Wildman–Crippen LogP) is 3.77. The molecule has 0 radical (unpaired) electrons. The number of rotatable bonds is 6. The van der Waals surface area contributed by atoms with Crippen LogP contribution < -0.4 is 15.4 Å². The zero-order valence-corrected chi connectivity index (χ0v) is 17.5. The Labute approximate surface area is 175 Å². The van der Waals surface area contributed by atoms with E-state index in [1.54, 1.807) is 52.0 Å². The number of aromatic nitrogens is 2. The van der Waals surface area contributed by atoms with E-state index in [0.717, 1.165) is 11.3 Å². The van der Waals surface area contributed by atoms with E-state index in [-0.39, 0.29) is 5.91 Å². The van der Waals surface area contributed by atoms with Crippen LogP contribution >= 0.6 is 0 Å². The molecule has 0 spiro atoms. The second-order valence-corrected chi connectivity index (χ2v) is 7.87. The van der Waals surface area contributed by atoms with E-state index < -0.39 is 17.7 Å². The van der Waals surface area contributed by atoms with Gasteiger partial charge in [0, 0.05) is 24.1 Å². The third-order valence-corrected chi connectivity index (χ3v) is 4.03. The van der Waals surface area contributed by atoms with Gasteiger partial charge in [0.15, 0.2) is 0 Å². The highest BCUT2D eigenvalue weighted by Crippen LogP contribution is 2.19. The van der Waals surface area contributed by atoms with Crippen LogP contribution in [0.1, 0.15) is 33.4 Å². The third-order valence-electron chi connectivity index (χ3n) is 4.03. The molecule has 158 valence electrons. The second-order valence-electron chi connectivity index (χ2n) is 7.87. The van der Waals surface area contributed by atoms with Crippen molar-refractivity contribution in [3.05, 3.63) is 60.6 Å². The summed E-state index contributed by atoms with van der Waals surface area (Å²) in [7, 11) is 0. The fourth-order valence-electron chi connectivity index (χ4n) is 2.68. The van der Waals surface area contributed by atoms with Crippen molar-refractivity contribution in [3.63, 3.8) is 0 Å². The van der Waals surface area contributed by atoms with Gasteiger partial charge in [0.1, 0.15) is 29.6 Å². The van der Waals surface area contributed by atoms with Crippen LogP contribution in [0.3, 0.4) is 0 Å². The van der Waals surface area contributed by atoms with E-state index in [9.17, 15) is 9.59 Å². The average molecular weight is 410 g/mol. The van der Waals surface area contributed by atoms with Crippen molar-refractivity contribution < 1.29 is 19.1 Å². The normalized spacial score (nSPS) is 12.3. The Morgan fingerprint density at radius 1 is 1.17 bits per heavy atom. The molecule has 0 fully saturated rings. The quantitative estimate of drug-likeness (QED) is 0.645. The number of hydrogen-bond donors (Lipinski definition) is 2. The number of benzene rings is 1. The van der Waals surface area contributed by atoms with Gasteiger partial charge in [0.2, 0.25) is 5.91 Å². The van der Waals surface area contributed by atoms with Crippen molar-refractivity contribution in [2.75, 3.05) is 5.32 Å². The minimum absolute atomic E-state index is 0.301. The SMILES string of the molecule is CC(NC(=O)OC(C)(C)C)C(=O)Nc1cccc(OCc2cn3ccccc3n2)c1. The maximum atomic E-state index is 12.4. The summed E-state index contributed by atoms with van der Waals surface area (Å²) in [5.41, 5.74) is 1.58. The van der Waals surface area contributed by atoms with Gasteiger partial charge in [0.25, 0.3) is 0 Å². The van der Waals surface area contributed by atoms with Crippen LogP contribution in [0.4, 0.5) is 10.5 Å². The lowest BCUT2D eigenvalue weighted by atomic mass is 10.2. The summed E-state index contributed by atoms with van der Waals surface area (Å²) in [4.78, 5) is 28.7. The lowest BCUT2D eigenvalue weighted by molar-refractivity contribution is -0.117. The number of pyridine rings is 1. The minimum atomic E-state index is -0.762. The number of hydrogen-bond acceptors (Lipinski definition) is 5. The lowest BCUT2D eigenvalue weighted by Crippen LogP contribution is -2.43. The van der Waals surface area contributed by atoms with Crippen LogP contribution in [-0.2, 0) is 16.1 Å². The molecule has 1 aromatic carbocycles. The van der Waals surface area contributed by atoms with E-state index in [1.165, 1.54) is 0 Å². The van der Waals surface area contributed by atoms with Gasteiger partial charge < -0.3 is 24.5 Å². The summed E-state index contributed by atoms with van der Waals surface area (Å²) in [6, 6.07) is 12.1. The molecule has 0 aliphatic carbocycles. The van der Waals surface area contributed by atoms with Gasteiger partial charge >= 0.3 is 6.09 Å². The van der Waals surface area contributed by atoms with Gasteiger partial charge in [-0.25, -0.2) is 9.78 Å². The molecule has 1 atom stereocenters. The zero-order valence-electron chi connectivity index (χ0n) is 17.5. The number of carbonyl (C=O) groups is 2. The van der Waals surface area contributed by atoms with Crippen molar-refractivity contribution in [1.82, 2.24) is 14.7 Å². The fourth-order valence-corrected chi connectivity index (χ4v) is 2.68. The summed E-state index contributed by atoms with van der Waals surface area (Å²) in [6.07, 6.45) is 3.19. The molecule has 2 aromatic heterocycles. The van der Waals surface area contributed by atoms with Gasteiger partial charge in [-0.15, -0.1) is 0 Å². The van der Waals surface area contributed by atoms with Crippen molar-refractivity contribution in [2.45, 2.75) is 45.9 Å². The molecule has 2 amide bonds. The highest BCUT2D eigenvalue weighted by atomic mass is 16.6. The topological polar surface area (TPSA) is 94.0 Å². The highest BCUT2D eigenvalue weighted by molar-refractivity contribution is 5.96. The summed E-state index contributed by atoms with van der Waals surface area (Å²) in [6.45, 7) is 7.16. The molecule has 0 saturated carbocycles. The van der Waals surface area contributed by atoms with Crippen LogP contribution in [0.5, 0.6) is 5.75 Å². The molecular formula is C22H26N4O4. The Balaban J connectivity index is 1.55. The molecule has 2 heterocycles. The van der Waals surface area contributed by atoms with Crippen molar-refractivity contribution in [3.8, 4) is 5.75 Å². The number of nitrogens with zero attached hydrogens (tertiary/aromatic N) is 2. The maximum absolute atomic E-state index is 12.4. The smallest absolute Gasteiger partial charge is 0.408 e. The Morgan fingerprint density at radius 3 is 2.70 bits per heavy atom. The number of fused-ring (bicyclic) bond motifs is 1. The average Bonchev–Trinajstić information content (AvgIpc) is 3.08. The number of carbonyl (C=O) groups excluding carboxylic acids is 2. The van der Waals surface area contributed by atoms with Crippen LogP contribution in [0.25, 0.3) is 5.65 Å². The van der Waals surface area contributed by atoms with Gasteiger partial charge in [-0.3, -0.25) is 4.79 Å². The number of anilines is 1. The van der Waals surface area contributed by atoms with E-state index >= 15 is 0 Å². The highest BCUT2D eigenvalue weighted by Gasteiger charge is 2.21. The summed E-state index contributed by atoms with van der Waals surface area (Å²) < 4.78 is 12.9. The molecule has 0 bridgehead atoms. The minimum Gasteiger partial charge on any atom is -0.487 e. The number of ether oxygens (including phenoxy) is 2. The first-order valence-electron chi connectivity index (χ1n) is 9.65. The van der Waals surface area contributed by atoms with Crippen molar-refractivity contribution in [2.24, 2.45) is 0 Å².